The molecule has 0 radical (unpaired) electrons. The third-order valence-corrected chi connectivity index (χ3v) is 6.10. The Labute approximate surface area is 200 Å². The maximum atomic E-state index is 12.9. The van der Waals surface area contributed by atoms with E-state index in [1.54, 1.807) is 24.3 Å². The van der Waals surface area contributed by atoms with E-state index in [9.17, 15) is 9.59 Å². The van der Waals surface area contributed by atoms with E-state index in [0.717, 1.165) is 20.8 Å². The summed E-state index contributed by atoms with van der Waals surface area (Å²) in [5, 5.41) is 7.85. The highest BCUT2D eigenvalue weighted by molar-refractivity contribution is 9.10. The number of fused-ring (bicyclic) bond motifs is 1. The van der Waals surface area contributed by atoms with Gasteiger partial charge in [-0.2, -0.15) is 0 Å². The zero-order chi connectivity index (χ0) is 23.2. The number of hydrogen-bond acceptors (Lipinski definition) is 3. The van der Waals surface area contributed by atoms with Crippen LogP contribution in [0.4, 0.5) is 5.69 Å². The normalized spacial score (nSPS) is 11.6. The first-order valence-corrected chi connectivity index (χ1v) is 11.4. The fourth-order valence-corrected chi connectivity index (χ4v) is 4.15. The lowest BCUT2D eigenvalue weighted by Crippen LogP contribution is -2.28. The maximum absolute atomic E-state index is 12.9. The maximum Gasteiger partial charge on any atom is 0.262 e. The van der Waals surface area contributed by atoms with Gasteiger partial charge in [0.1, 0.15) is 5.75 Å². The molecule has 2 N–H and O–H groups in total. The Morgan fingerprint density at radius 3 is 2.39 bits per heavy atom. The molecule has 0 heterocycles. The molecule has 1 atom stereocenters. The molecule has 5 nitrogen and oxygen atoms in total. The molecule has 4 aromatic rings. The second-order valence-electron chi connectivity index (χ2n) is 7.59. The van der Waals surface area contributed by atoms with Crippen LogP contribution in [0.15, 0.2) is 95.5 Å². The van der Waals surface area contributed by atoms with Crippen LogP contribution in [-0.4, -0.2) is 18.4 Å². The topological polar surface area (TPSA) is 67.4 Å². The SMILES string of the molecule is C[C@H](NC(=O)c1ccccc1NC(=O)COc1ccc2ccccc2c1Br)c1ccccc1. The van der Waals surface area contributed by atoms with E-state index < -0.39 is 0 Å². The van der Waals surface area contributed by atoms with E-state index in [1.165, 1.54) is 0 Å². The van der Waals surface area contributed by atoms with Gasteiger partial charge < -0.3 is 15.4 Å². The highest BCUT2D eigenvalue weighted by Crippen LogP contribution is 2.33. The lowest BCUT2D eigenvalue weighted by molar-refractivity contribution is -0.118. The van der Waals surface area contributed by atoms with Crippen molar-refractivity contribution in [1.82, 2.24) is 5.32 Å². The van der Waals surface area contributed by atoms with Crippen molar-refractivity contribution in [2.24, 2.45) is 0 Å². The molecule has 0 spiro atoms. The third-order valence-electron chi connectivity index (χ3n) is 5.28. The van der Waals surface area contributed by atoms with Crippen LogP contribution in [0.1, 0.15) is 28.9 Å². The Kier molecular flexibility index (Phi) is 7.05. The van der Waals surface area contributed by atoms with E-state index in [0.29, 0.717) is 17.0 Å². The molecule has 0 saturated carbocycles. The van der Waals surface area contributed by atoms with Crippen LogP contribution in [-0.2, 0) is 4.79 Å². The molecule has 0 aliphatic carbocycles. The van der Waals surface area contributed by atoms with Crippen LogP contribution in [0.25, 0.3) is 10.8 Å². The Hall–Kier alpha value is -3.64. The highest BCUT2D eigenvalue weighted by atomic mass is 79.9. The second kappa shape index (κ2) is 10.3. The third kappa shape index (κ3) is 5.41. The predicted molar refractivity (Wildman–Crippen MR) is 135 cm³/mol. The first-order valence-electron chi connectivity index (χ1n) is 10.6. The number of nitrogens with one attached hydrogen (secondary N) is 2. The number of halogens is 1. The van der Waals surface area contributed by atoms with E-state index in [4.69, 9.17) is 4.74 Å². The number of amides is 2. The molecule has 0 aromatic heterocycles. The van der Waals surface area contributed by atoms with Gasteiger partial charge in [-0.1, -0.05) is 72.8 Å². The van der Waals surface area contributed by atoms with Crippen molar-refractivity contribution in [1.29, 1.82) is 0 Å². The number of ether oxygens (including phenoxy) is 1. The summed E-state index contributed by atoms with van der Waals surface area (Å²) in [6.07, 6.45) is 0. The number of rotatable bonds is 7. The smallest absolute Gasteiger partial charge is 0.262 e. The molecule has 0 unspecified atom stereocenters. The summed E-state index contributed by atoms with van der Waals surface area (Å²) >= 11 is 3.56. The summed E-state index contributed by atoms with van der Waals surface area (Å²) in [5.41, 5.74) is 1.82. The van der Waals surface area contributed by atoms with Crippen molar-refractivity contribution in [3.8, 4) is 5.75 Å². The van der Waals surface area contributed by atoms with Gasteiger partial charge in [0, 0.05) is 0 Å². The predicted octanol–water partition coefficient (Wildman–Crippen LogP) is 6.11. The second-order valence-corrected chi connectivity index (χ2v) is 8.38. The quantitative estimate of drug-likeness (QED) is 0.320. The summed E-state index contributed by atoms with van der Waals surface area (Å²) in [5.74, 6) is -0.0431. The number of benzene rings is 4. The minimum Gasteiger partial charge on any atom is -0.483 e. The van der Waals surface area contributed by atoms with E-state index in [2.05, 4.69) is 26.6 Å². The lowest BCUT2D eigenvalue weighted by Gasteiger charge is -2.16. The van der Waals surface area contributed by atoms with Crippen LogP contribution in [0, 0.1) is 0 Å². The van der Waals surface area contributed by atoms with Gasteiger partial charge in [-0.15, -0.1) is 0 Å². The Balaban J connectivity index is 1.42. The number of anilines is 1. The largest absolute Gasteiger partial charge is 0.483 e. The lowest BCUT2D eigenvalue weighted by atomic mass is 10.1. The number of carbonyl (C=O) groups is 2. The van der Waals surface area contributed by atoms with Gasteiger partial charge >= 0.3 is 0 Å². The minimum absolute atomic E-state index is 0.170. The van der Waals surface area contributed by atoms with Crippen molar-refractivity contribution >= 4 is 44.2 Å². The van der Waals surface area contributed by atoms with Gasteiger partial charge in [-0.25, -0.2) is 0 Å². The number of hydrogen-bond donors (Lipinski definition) is 2. The summed E-state index contributed by atoms with van der Waals surface area (Å²) in [6, 6.07) is 28.1. The van der Waals surface area contributed by atoms with Gasteiger partial charge in [-0.3, -0.25) is 9.59 Å². The minimum atomic E-state index is -0.355. The number of carbonyl (C=O) groups excluding carboxylic acids is 2. The molecule has 33 heavy (non-hydrogen) atoms. The summed E-state index contributed by atoms with van der Waals surface area (Å²) in [6.45, 7) is 1.73. The molecule has 4 aromatic carbocycles. The first kappa shape index (κ1) is 22.6. The average molecular weight is 503 g/mol. The molecule has 166 valence electrons. The van der Waals surface area contributed by atoms with Crippen LogP contribution < -0.4 is 15.4 Å². The van der Waals surface area contributed by atoms with E-state index >= 15 is 0 Å². The van der Waals surface area contributed by atoms with Gasteiger partial charge in [0.25, 0.3) is 11.8 Å². The fraction of sp³-hybridized carbons (Fsp3) is 0.111. The molecule has 0 aliphatic heterocycles. The molecule has 0 fully saturated rings. The molecule has 2 amide bonds. The molecule has 6 heteroatoms. The van der Waals surface area contributed by atoms with E-state index in [1.807, 2.05) is 73.7 Å². The van der Waals surface area contributed by atoms with Crippen LogP contribution in [0.5, 0.6) is 5.75 Å². The zero-order valence-electron chi connectivity index (χ0n) is 18.0. The van der Waals surface area contributed by atoms with Gasteiger partial charge in [0.2, 0.25) is 0 Å². The monoisotopic (exact) mass is 502 g/mol. The molecular formula is C27H23BrN2O3. The fourth-order valence-electron chi connectivity index (χ4n) is 3.54. The molecular weight excluding hydrogens is 480 g/mol. The van der Waals surface area contributed by atoms with Crippen LogP contribution >= 0.6 is 15.9 Å². The Morgan fingerprint density at radius 2 is 1.58 bits per heavy atom. The van der Waals surface area contributed by atoms with Crippen LogP contribution in [0.3, 0.4) is 0 Å². The van der Waals surface area contributed by atoms with Gasteiger partial charge in [-0.05, 0) is 57.4 Å². The summed E-state index contributed by atoms with van der Waals surface area (Å²) in [7, 11) is 0. The van der Waals surface area contributed by atoms with Crippen LogP contribution in [0.2, 0.25) is 0 Å². The van der Waals surface area contributed by atoms with Crippen molar-refractivity contribution in [3.63, 3.8) is 0 Å². The van der Waals surface area contributed by atoms with Crippen molar-refractivity contribution in [3.05, 3.63) is 107 Å². The zero-order valence-corrected chi connectivity index (χ0v) is 19.6. The van der Waals surface area contributed by atoms with Crippen molar-refractivity contribution in [2.75, 3.05) is 11.9 Å². The molecule has 0 saturated heterocycles. The van der Waals surface area contributed by atoms with Gasteiger partial charge in [0.15, 0.2) is 6.61 Å². The number of para-hydroxylation sites is 1. The average Bonchev–Trinajstić information content (AvgIpc) is 2.84. The molecule has 0 aliphatic rings. The van der Waals surface area contributed by atoms with Crippen molar-refractivity contribution < 1.29 is 14.3 Å². The Bertz CT molecular complexity index is 1290. The highest BCUT2D eigenvalue weighted by Gasteiger charge is 2.16. The standard InChI is InChI=1S/C27H23BrN2O3/c1-18(19-9-3-2-4-10-19)29-27(32)22-13-7-8-14-23(22)30-25(31)17-33-24-16-15-20-11-5-6-12-21(20)26(24)28/h2-16,18H,17H2,1H3,(H,29,32)(H,30,31)/t18-/m0/s1. The van der Waals surface area contributed by atoms with E-state index in [-0.39, 0.29) is 24.5 Å². The van der Waals surface area contributed by atoms with Gasteiger partial charge in [0.05, 0.1) is 21.8 Å². The Morgan fingerprint density at radius 1 is 0.879 bits per heavy atom. The first-order chi connectivity index (χ1) is 16.0. The van der Waals surface area contributed by atoms with Crippen molar-refractivity contribution in [2.45, 2.75) is 13.0 Å². The molecule has 4 rings (SSSR count). The summed E-state index contributed by atoms with van der Waals surface area (Å²) < 4.78 is 6.54. The molecule has 0 bridgehead atoms. The summed E-state index contributed by atoms with van der Waals surface area (Å²) in [4.78, 5) is 25.5.